The van der Waals surface area contributed by atoms with Crippen LogP contribution in [0.1, 0.15) is 43.6 Å². The SMILES string of the molecule is CC(C)NC(=O)N(C)C[C@H]1Oc2ccc(NC(=O)Cc3cn(C)c4ccccc34)cc2C(=O)N([C@H](C)CO)C[C@H]1C. The van der Waals surface area contributed by atoms with E-state index in [1.54, 1.807) is 42.0 Å². The number of carbonyl (C=O) groups is 3. The molecule has 10 heteroatoms. The number of likely N-dealkylation sites (N-methyl/N-ethyl adjacent to an activating group) is 1. The highest BCUT2D eigenvalue weighted by atomic mass is 16.5. The topological polar surface area (TPSA) is 116 Å². The first-order chi connectivity index (χ1) is 19.5. The van der Waals surface area contributed by atoms with Crippen LogP contribution in [-0.4, -0.2) is 82.3 Å². The van der Waals surface area contributed by atoms with Gasteiger partial charge in [-0.2, -0.15) is 0 Å². The molecule has 3 N–H and O–H groups in total. The van der Waals surface area contributed by atoms with E-state index in [9.17, 15) is 19.5 Å². The maximum Gasteiger partial charge on any atom is 0.317 e. The predicted molar refractivity (Wildman–Crippen MR) is 159 cm³/mol. The molecular weight excluding hydrogens is 522 g/mol. The van der Waals surface area contributed by atoms with E-state index in [0.29, 0.717) is 30.1 Å². The number of anilines is 1. The van der Waals surface area contributed by atoms with Crippen molar-refractivity contribution in [2.45, 2.75) is 52.3 Å². The molecule has 1 aliphatic heterocycles. The number of urea groups is 1. The minimum atomic E-state index is -0.428. The molecule has 0 spiro atoms. The molecule has 2 aromatic carbocycles. The minimum absolute atomic E-state index is 0.00545. The molecule has 0 unspecified atom stereocenters. The van der Waals surface area contributed by atoms with Crippen molar-refractivity contribution in [3.8, 4) is 5.75 Å². The van der Waals surface area contributed by atoms with Gasteiger partial charge < -0.3 is 34.8 Å². The summed E-state index contributed by atoms with van der Waals surface area (Å²) in [6, 6.07) is 12.3. The second-order valence-corrected chi connectivity index (χ2v) is 11.3. The number of para-hydroxylation sites is 1. The second kappa shape index (κ2) is 12.6. The van der Waals surface area contributed by atoms with Crippen LogP contribution < -0.4 is 15.4 Å². The van der Waals surface area contributed by atoms with E-state index >= 15 is 0 Å². The fourth-order valence-electron chi connectivity index (χ4n) is 5.17. The number of ether oxygens (including phenoxy) is 1. The number of nitrogens with one attached hydrogen (secondary N) is 2. The molecule has 3 aromatic rings. The van der Waals surface area contributed by atoms with Gasteiger partial charge in [-0.05, 0) is 50.6 Å². The van der Waals surface area contributed by atoms with E-state index in [1.807, 2.05) is 62.8 Å². The van der Waals surface area contributed by atoms with Gasteiger partial charge in [-0.1, -0.05) is 25.1 Å². The van der Waals surface area contributed by atoms with Crippen molar-refractivity contribution in [1.82, 2.24) is 19.7 Å². The van der Waals surface area contributed by atoms with Crippen molar-refractivity contribution in [2.75, 3.05) is 32.1 Å². The van der Waals surface area contributed by atoms with Crippen LogP contribution in [0.25, 0.3) is 10.9 Å². The van der Waals surface area contributed by atoms with E-state index in [0.717, 1.165) is 16.5 Å². The lowest BCUT2D eigenvalue weighted by Gasteiger charge is -2.38. The standard InChI is InChI=1S/C31H41N5O5/c1-19(2)32-31(40)35(6)17-28-20(3)15-36(21(4)18-37)30(39)25-14-23(11-12-27(25)41-28)33-29(38)13-22-16-34(5)26-10-8-7-9-24(22)26/h7-12,14,16,19-21,28,37H,13,15,17-18H2,1-6H3,(H,32,40)(H,33,38)/t20-,21-,28-/m1/s1. The highest BCUT2D eigenvalue weighted by Gasteiger charge is 2.34. The summed E-state index contributed by atoms with van der Waals surface area (Å²) in [6.45, 7) is 8.00. The number of aliphatic hydroxyl groups is 1. The van der Waals surface area contributed by atoms with E-state index in [4.69, 9.17) is 4.74 Å². The quantitative estimate of drug-likeness (QED) is 0.387. The third kappa shape index (κ3) is 6.82. The van der Waals surface area contributed by atoms with Gasteiger partial charge in [-0.15, -0.1) is 0 Å². The Bertz CT molecular complexity index is 1420. The summed E-state index contributed by atoms with van der Waals surface area (Å²) >= 11 is 0. The average molecular weight is 564 g/mol. The molecule has 3 atom stereocenters. The Kier molecular flexibility index (Phi) is 9.22. The molecule has 1 aromatic heterocycles. The van der Waals surface area contributed by atoms with Gasteiger partial charge in [0.25, 0.3) is 5.91 Å². The van der Waals surface area contributed by atoms with Crippen molar-refractivity contribution >= 4 is 34.4 Å². The Morgan fingerprint density at radius 1 is 1.17 bits per heavy atom. The molecule has 0 saturated carbocycles. The minimum Gasteiger partial charge on any atom is -0.487 e. The maximum atomic E-state index is 13.7. The van der Waals surface area contributed by atoms with Gasteiger partial charge in [-0.3, -0.25) is 9.59 Å². The van der Waals surface area contributed by atoms with Gasteiger partial charge in [-0.25, -0.2) is 4.79 Å². The average Bonchev–Trinajstić information content (AvgIpc) is 3.24. The number of aromatic nitrogens is 1. The summed E-state index contributed by atoms with van der Waals surface area (Å²) in [7, 11) is 3.66. The lowest BCUT2D eigenvalue weighted by molar-refractivity contribution is -0.115. The number of hydrogen-bond acceptors (Lipinski definition) is 5. The fraction of sp³-hybridized carbons (Fsp3) is 0.452. The van der Waals surface area contributed by atoms with Crippen molar-refractivity contribution in [3.63, 3.8) is 0 Å². The maximum absolute atomic E-state index is 13.7. The molecule has 0 fully saturated rings. The van der Waals surface area contributed by atoms with Crippen LogP contribution in [0.3, 0.4) is 0 Å². The van der Waals surface area contributed by atoms with Crippen LogP contribution in [0.15, 0.2) is 48.7 Å². The first kappa shape index (κ1) is 29.9. The van der Waals surface area contributed by atoms with Crippen molar-refractivity contribution in [2.24, 2.45) is 13.0 Å². The Balaban J connectivity index is 1.59. The summed E-state index contributed by atoms with van der Waals surface area (Å²) < 4.78 is 8.36. The van der Waals surface area contributed by atoms with Gasteiger partial charge in [0.15, 0.2) is 0 Å². The zero-order valence-electron chi connectivity index (χ0n) is 24.7. The summed E-state index contributed by atoms with van der Waals surface area (Å²) in [6.07, 6.45) is 1.72. The lowest BCUT2D eigenvalue weighted by atomic mass is 9.99. The Morgan fingerprint density at radius 3 is 2.61 bits per heavy atom. The fourth-order valence-corrected chi connectivity index (χ4v) is 5.17. The number of fused-ring (bicyclic) bond motifs is 2. The molecule has 0 radical (unpaired) electrons. The van der Waals surface area contributed by atoms with Crippen LogP contribution >= 0.6 is 0 Å². The Hall–Kier alpha value is -4.05. The molecular formula is C31H41N5O5. The van der Waals surface area contributed by atoms with Crippen LogP contribution in [0.4, 0.5) is 10.5 Å². The zero-order valence-corrected chi connectivity index (χ0v) is 24.7. The van der Waals surface area contributed by atoms with Crippen molar-refractivity contribution < 1.29 is 24.2 Å². The number of nitrogens with zero attached hydrogens (tertiary/aromatic N) is 3. The van der Waals surface area contributed by atoms with Gasteiger partial charge in [0.05, 0.1) is 31.2 Å². The van der Waals surface area contributed by atoms with Crippen LogP contribution in [0.5, 0.6) is 5.75 Å². The van der Waals surface area contributed by atoms with Crippen LogP contribution in [0.2, 0.25) is 0 Å². The molecule has 0 bridgehead atoms. The molecule has 0 saturated heterocycles. The van der Waals surface area contributed by atoms with E-state index in [1.165, 1.54) is 0 Å². The van der Waals surface area contributed by atoms with Gasteiger partial charge >= 0.3 is 6.03 Å². The molecule has 220 valence electrons. The van der Waals surface area contributed by atoms with Crippen molar-refractivity contribution in [3.05, 3.63) is 59.8 Å². The first-order valence-corrected chi connectivity index (χ1v) is 14.0. The third-order valence-corrected chi connectivity index (χ3v) is 7.49. The summed E-state index contributed by atoms with van der Waals surface area (Å²) in [5.41, 5.74) is 2.73. The number of rotatable bonds is 8. The number of aliphatic hydroxyl groups excluding tert-OH is 1. The molecule has 10 nitrogen and oxygen atoms in total. The van der Waals surface area contributed by atoms with Gasteiger partial charge in [0.2, 0.25) is 5.91 Å². The predicted octanol–water partition coefficient (Wildman–Crippen LogP) is 3.63. The molecule has 4 rings (SSSR count). The molecule has 0 aliphatic carbocycles. The number of amides is 4. The molecule has 41 heavy (non-hydrogen) atoms. The number of aryl methyl sites for hydroxylation is 1. The molecule has 2 heterocycles. The molecule has 1 aliphatic rings. The van der Waals surface area contributed by atoms with Crippen LogP contribution in [-0.2, 0) is 18.3 Å². The van der Waals surface area contributed by atoms with Gasteiger partial charge in [0.1, 0.15) is 11.9 Å². The third-order valence-electron chi connectivity index (χ3n) is 7.49. The lowest BCUT2D eigenvalue weighted by Crippen LogP contribution is -2.51. The van der Waals surface area contributed by atoms with E-state index in [-0.39, 0.29) is 42.8 Å². The highest BCUT2D eigenvalue weighted by Crippen LogP contribution is 2.31. The van der Waals surface area contributed by atoms with E-state index < -0.39 is 12.1 Å². The normalized spacial score (nSPS) is 17.9. The van der Waals surface area contributed by atoms with Crippen molar-refractivity contribution in [1.29, 1.82) is 0 Å². The summed E-state index contributed by atoms with van der Waals surface area (Å²) in [5, 5.41) is 16.7. The van der Waals surface area contributed by atoms with Gasteiger partial charge in [0, 0.05) is 55.4 Å². The highest BCUT2D eigenvalue weighted by molar-refractivity contribution is 6.00. The summed E-state index contributed by atoms with van der Waals surface area (Å²) in [5.74, 6) is -0.254. The molecule has 4 amide bonds. The smallest absolute Gasteiger partial charge is 0.317 e. The zero-order chi connectivity index (χ0) is 29.8. The summed E-state index contributed by atoms with van der Waals surface area (Å²) in [4.78, 5) is 42.6. The first-order valence-electron chi connectivity index (χ1n) is 14.0. The number of benzene rings is 2. The van der Waals surface area contributed by atoms with E-state index in [2.05, 4.69) is 10.6 Å². The monoisotopic (exact) mass is 563 g/mol. The number of carbonyl (C=O) groups excluding carboxylic acids is 3. The Labute approximate surface area is 241 Å². The largest absolute Gasteiger partial charge is 0.487 e. The van der Waals surface area contributed by atoms with Crippen LogP contribution in [0, 0.1) is 5.92 Å². The number of hydrogen-bond donors (Lipinski definition) is 3. The second-order valence-electron chi connectivity index (χ2n) is 11.3. The Morgan fingerprint density at radius 2 is 1.90 bits per heavy atom.